The molecule has 0 fully saturated rings. The van der Waals surface area contributed by atoms with Gasteiger partial charge in [0.05, 0.1) is 5.69 Å². The van der Waals surface area contributed by atoms with Gasteiger partial charge < -0.3 is 10.7 Å². The van der Waals surface area contributed by atoms with E-state index in [1.807, 2.05) is 0 Å². The SMILES string of the molecule is Cc1cccc2c(CCCCN)c(-c3ccccc3I)[nH]c12. The van der Waals surface area contributed by atoms with Gasteiger partial charge in [0.2, 0.25) is 0 Å². The fourth-order valence-corrected chi connectivity index (χ4v) is 3.68. The Bertz CT molecular complexity index is 789. The lowest BCUT2D eigenvalue weighted by Gasteiger charge is -2.07. The second-order valence-electron chi connectivity index (χ2n) is 5.70. The smallest absolute Gasteiger partial charge is 0.0508 e. The third kappa shape index (κ3) is 2.92. The Morgan fingerprint density at radius 2 is 1.86 bits per heavy atom. The zero-order valence-corrected chi connectivity index (χ0v) is 15.0. The molecule has 0 spiro atoms. The van der Waals surface area contributed by atoms with Crippen LogP contribution in [-0.4, -0.2) is 11.5 Å². The first kappa shape index (κ1) is 15.6. The fourth-order valence-electron chi connectivity index (χ4n) is 3.02. The number of nitrogens with two attached hydrogens (primary N) is 1. The van der Waals surface area contributed by atoms with Crippen molar-refractivity contribution >= 4 is 33.5 Å². The first-order chi connectivity index (χ1) is 10.7. The van der Waals surface area contributed by atoms with Crippen LogP contribution in [0.3, 0.4) is 0 Å². The molecule has 0 aliphatic carbocycles. The van der Waals surface area contributed by atoms with Gasteiger partial charge in [0.1, 0.15) is 0 Å². The summed E-state index contributed by atoms with van der Waals surface area (Å²) in [5, 5.41) is 1.35. The molecule has 3 aromatic rings. The lowest BCUT2D eigenvalue weighted by atomic mass is 9.99. The van der Waals surface area contributed by atoms with Gasteiger partial charge in [0, 0.05) is 20.0 Å². The summed E-state index contributed by atoms with van der Waals surface area (Å²) in [6.07, 6.45) is 3.28. The molecule has 0 saturated heterocycles. The number of rotatable bonds is 5. The van der Waals surface area contributed by atoms with Crippen LogP contribution in [0.4, 0.5) is 0 Å². The van der Waals surface area contributed by atoms with E-state index >= 15 is 0 Å². The Kier molecular flexibility index (Phi) is 4.84. The molecule has 0 bridgehead atoms. The highest BCUT2D eigenvalue weighted by atomic mass is 127. The van der Waals surface area contributed by atoms with E-state index in [0.717, 1.165) is 25.8 Å². The zero-order chi connectivity index (χ0) is 15.5. The molecule has 2 aromatic carbocycles. The van der Waals surface area contributed by atoms with Gasteiger partial charge in [-0.25, -0.2) is 0 Å². The predicted octanol–water partition coefficient (Wildman–Crippen LogP) is 5.03. The second kappa shape index (κ2) is 6.84. The van der Waals surface area contributed by atoms with Gasteiger partial charge in [0.15, 0.2) is 0 Å². The maximum Gasteiger partial charge on any atom is 0.0508 e. The Hall–Kier alpha value is -1.33. The Morgan fingerprint density at radius 1 is 1.05 bits per heavy atom. The predicted molar refractivity (Wildman–Crippen MR) is 103 cm³/mol. The van der Waals surface area contributed by atoms with Crippen LogP contribution in [0.5, 0.6) is 0 Å². The number of nitrogens with one attached hydrogen (secondary N) is 1. The van der Waals surface area contributed by atoms with Crippen molar-refractivity contribution in [2.75, 3.05) is 6.54 Å². The van der Waals surface area contributed by atoms with Crippen LogP contribution >= 0.6 is 22.6 Å². The van der Waals surface area contributed by atoms with Crippen molar-refractivity contribution in [2.24, 2.45) is 5.73 Å². The van der Waals surface area contributed by atoms with Gasteiger partial charge in [-0.1, -0.05) is 36.4 Å². The normalized spacial score (nSPS) is 11.2. The van der Waals surface area contributed by atoms with Gasteiger partial charge in [-0.05, 0) is 72.5 Å². The fraction of sp³-hybridized carbons (Fsp3) is 0.263. The molecule has 0 aliphatic heterocycles. The van der Waals surface area contributed by atoms with Gasteiger partial charge >= 0.3 is 0 Å². The highest BCUT2D eigenvalue weighted by molar-refractivity contribution is 14.1. The van der Waals surface area contributed by atoms with Crippen LogP contribution in [0.2, 0.25) is 0 Å². The number of aryl methyl sites for hydroxylation is 2. The van der Waals surface area contributed by atoms with Gasteiger partial charge in [0.25, 0.3) is 0 Å². The Balaban J connectivity index is 2.17. The van der Waals surface area contributed by atoms with E-state index in [1.54, 1.807) is 0 Å². The van der Waals surface area contributed by atoms with Crippen molar-refractivity contribution in [3.05, 3.63) is 57.2 Å². The largest absolute Gasteiger partial charge is 0.354 e. The van der Waals surface area contributed by atoms with Crippen LogP contribution in [0.1, 0.15) is 24.0 Å². The van der Waals surface area contributed by atoms with Crippen molar-refractivity contribution < 1.29 is 0 Å². The standard InChI is InChI=1S/C19H21IN2/c1-13-7-6-10-14-15(8-4-5-12-21)19(22-18(13)14)16-9-2-3-11-17(16)20/h2-3,6-7,9-11,22H,4-5,8,12,21H2,1H3. The molecular formula is C19H21IN2. The van der Waals surface area contributed by atoms with Gasteiger partial charge in [-0.3, -0.25) is 0 Å². The Morgan fingerprint density at radius 3 is 2.64 bits per heavy atom. The highest BCUT2D eigenvalue weighted by Crippen LogP contribution is 2.34. The number of para-hydroxylation sites is 1. The van der Waals surface area contributed by atoms with E-state index < -0.39 is 0 Å². The summed E-state index contributed by atoms with van der Waals surface area (Å²) in [5.41, 5.74) is 12.2. The quantitative estimate of drug-likeness (QED) is 0.455. The molecule has 0 unspecified atom stereocenters. The topological polar surface area (TPSA) is 41.8 Å². The number of hydrogen-bond acceptors (Lipinski definition) is 1. The molecule has 2 nitrogen and oxygen atoms in total. The third-order valence-corrected chi connectivity index (χ3v) is 5.11. The molecule has 114 valence electrons. The van der Waals surface area contributed by atoms with Crippen LogP contribution in [0.25, 0.3) is 22.2 Å². The Labute approximate surface area is 145 Å². The molecule has 3 rings (SSSR count). The van der Waals surface area contributed by atoms with E-state index in [4.69, 9.17) is 5.73 Å². The van der Waals surface area contributed by atoms with Crippen molar-refractivity contribution in [3.63, 3.8) is 0 Å². The molecule has 0 radical (unpaired) electrons. The molecule has 0 saturated carbocycles. The third-order valence-electron chi connectivity index (χ3n) is 4.17. The second-order valence-corrected chi connectivity index (χ2v) is 6.86. The van der Waals surface area contributed by atoms with Crippen LogP contribution in [0.15, 0.2) is 42.5 Å². The lowest BCUT2D eigenvalue weighted by Crippen LogP contribution is -1.99. The molecule has 3 heteroatoms. The maximum absolute atomic E-state index is 5.67. The minimum Gasteiger partial charge on any atom is -0.354 e. The molecule has 3 N–H and O–H groups in total. The first-order valence-electron chi connectivity index (χ1n) is 7.77. The minimum absolute atomic E-state index is 0.763. The number of fused-ring (bicyclic) bond motifs is 1. The van der Waals surface area contributed by atoms with E-state index in [0.29, 0.717) is 0 Å². The van der Waals surface area contributed by atoms with Crippen LogP contribution in [0, 0.1) is 10.5 Å². The molecule has 0 atom stereocenters. The van der Waals surface area contributed by atoms with Crippen molar-refractivity contribution in [2.45, 2.75) is 26.2 Å². The average Bonchev–Trinajstić information content (AvgIpc) is 2.88. The number of unbranched alkanes of at least 4 members (excludes halogenated alkanes) is 1. The van der Waals surface area contributed by atoms with Crippen molar-refractivity contribution in [1.29, 1.82) is 0 Å². The molecular weight excluding hydrogens is 383 g/mol. The van der Waals surface area contributed by atoms with Gasteiger partial charge in [-0.15, -0.1) is 0 Å². The highest BCUT2D eigenvalue weighted by Gasteiger charge is 2.15. The number of aromatic amines is 1. The van der Waals surface area contributed by atoms with E-state index in [9.17, 15) is 0 Å². The monoisotopic (exact) mass is 404 g/mol. The number of H-pyrrole nitrogens is 1. The van der Waals surface area contributed by atoms with E-state index in [2.05, 4.69) is 77.0 Å². The van der Waals surface area contributed by atoms with Crippen molar-refractivity contribution in [1.82, 2.24) is 4.98 Å². The average molecular weight is 404 g/mol. The summed E-state index contributed by atoms with van der Waals surface area (Å²) in [7, 11) is 0. The molecule has 0 aliphatic rings. The molecule has 22 heavy (non-hydrogen) atoms. The molecule has 0 amide bonds. The number of hydrogen-bond donors (Lipinski definition) is 2. The van der Waals surface area contributed by atoms with Crippen LogP contribution in [-0.2, 0) is 6.42 Å². The van der Waals surface area contributed by atoms with Crippen molar-refractivity contribution in [3.8, 4) is 11.3 Å². The summed E-state index contributed by atoms with van der Waals surface area (Å²) >= 11 is 2.42. The summed E-state index contributed by atoms with van der Waals surface area (Å²) in [6.45, 7) is 2.93. The molecule has 1 heterocycles. The first-order valence-corrected chi connectivity index (χ1v) is 8.85. The maximum atomic E-state index is 5.67. The minimum atomic E-state index is 0.763. The van der Waals surface area contributed by atoms with Crippen LogP contribution < -0.4 is 5.73 Å². The molecule has 1 aromatic heterocycles. The summed E-state index contributed by atoms with van der Waals surface area (Å²) in [4.78, 5) is 3.68. The van der Waals surface area contributed by atoms with E-state index in [1.165, 1.54) is 36.9 Å². The summed E-state index contributed by atoms with van der Waals surface area (Å²) in [5.74, 6) is 0. The number of benzene rings is 2. The summed E-state index contributed by atoms with van der Waals surface area (Å²) < 4.78 is 1.28. The lowest BCUT2D eigenvalue weighted by molar-refractivity contribution is 0.748. The van der Waals surface area contributed by atoms with Gasteiger partial charge in [-0.2, -0.15) is 0 Å². The zero-order valence-electron chi connectivity index (χ0n) is 12.8. The number of halogens is 1. The number of aromatic nitrogens is 1. The summed E-state index contributed by atoms with van der Waals surface area (Å²) in [6, 6.07) is 15.1. The van der Waals surface area contributed by atoms with E-state index in [-0.39, 0.29) is 0 Å².